The molecule has 0 radical (unpaired) electrons. The van der Waals surface area contributed by atoms with Gasteiger partial charge >= 0.3 is 0 Å². The maximum absolute atomic E-state index is 4.96. The molecular formula is C22H23N7. The zero-order chi connectivity index (χ0) is 19.6. The summed E-state index contributed by atoms with van der Waals surface area (Å²) in [5.41, 5.74) is 3.52. The predicted octanol–water partition coefficient (Wildman–Crippen LogP) is 2.99. The van der Waals surface area contributed by atoms with Gasteiger partial charge in [0.2, 0.25) is 0 Å². The van der Waals surface area contributed by atoms with Crippen LogP contribution in [-0.2, 0) is 0 Å². The highest BCUT2D eigenvalue weighted by atomic mass is 15.2. The molecule has 0 saturated carbocycles. The van der Waals surface area contributed by atoms with Gasteiger partial charge in [-0.1, -0.05) is 6.07 Å². The number of aromatic nitrogens is 5. The lowest BCUT2D eigenvalue weighted by atomic mass is 10.2. The minimum atomic E-state index is 0.776. The van der Waals surface area contributed by atoms with E-state index in [0.717, 1.165) is 72.2 Å². The topological polar surface area (TPSA) is 71.8 Å². The van der Waals surface area contributed by atoms with Crippen molar-refractivity contribution in [2.24, 2.45) is 0 Å². The second-order valence-electron chi connectivity index (χ2n) is 7.30. The third-order valence-corrected chi connectivity index (χ3v) is 5.22. The zero-order valence-corrected chi connectivity index (χ0v) is 16.4. The van der Waals surface area contributed by atoms with Gasteiger partial charge in [-0.15, -0.1) is 0 Å². The maximum atomic E-state index is 4.96. The van der Waals surface area contributed by atoms with Gasteiger partial charge in [0.05, 0.1) is 23.1 Å². The highest BCUT2D eigenvalue weighted by Crippen LogP contribution is 2.24. The molecular weight excluding hydrogens is 362 g/mol. The summed E-state index contributed by atoms with van der Waals surface area (Å²) in [4.78, 5) is 20.7. The molecule has 0 unspecified atom stereocenters. The number of fused-ring (bicyclic) bond motifs is 1. The fourth-order valence-electron chi connectivity index (χ4n) is 3.75. The molecule has 146 valence electrons. The predicted molar refractivity (Wildman–Crippen MR) is 114 cm³/mol. The van der Waals surface area contributed by atoms with Crippen molar-refractivity contribution in [2.45, 2.75) is 13.3 Å². The molecule has 0 bridgehead atoms. The Balaban J connectivity index is 1.55. The van der Waals surface area contributed by atoms with Crippen molar-refractivity contribution in [1.82, 2.24) is 29.8 Å². The molecule has 7 nitrogen and oxygen atoms in total. The minimum Gasteiger partial charge on any atom is -0.355 e. The number of hydrogen-bond donors (Lipinski definition) is 1. The summed E-state index contributed by atoms with van der Waals surface area (Å²) in [6, 6.07) is 10.3. The maximum Gasteiger partial charge on any atom is 0.139 e. The molecule has 29 heavy (non-hydrogen) atoms. The molecule has 0 aromatic carbocycles. The first-order chi connectivity index (χ1) is 14.3. The summed E-state index contributed by atoms with van der Waals surface area (Å²) in [5, 5.41) is 4.52. The molecule has 0 atom stereocenters. The van der Waals surface area contributed by atoms with E-state index >= 15 is 0 Å². The summed E-state index contributed by atoms with van der Waals surface area (Å²) in [7, 11) is 0. The SMILES string of the molecule is Cc1cncc(-c2cc3c(ccn3-c3cccc(N4CCCNCC4)n3)cn2)n1. The second-order valence-corrected chi connectivity index (χ2v) is 7.30. The average molecular weight is 385 g/mol. The second kappa shape index (κ2) is 7.60. The molecule has 0 spiro atoms. The molecule has 0 amide bonds. The Morgan fingerprint density at radius 3 is 2.79 bits per heavy atom. The number of pyridine rings is 2. The van der Waals surface area contributed by atoms with Crippen LogP contribution in [0.5, 0.6) is 0 Å². The monoisotopic (exact) mass is 385 g/mol. The van der Waals surface area contributed by atoms with Crippen LogP contribution in [0.2, 0.25) is 0 Å². The van der Waals surface area contributed by atoms with Crippen LogP contribution in [0.15, 0.2) is 55.1 Å². The van der Waals surface area contributed by atoms with E-state index in [1.54, 1.807) is 12.4 Å². The Morgan fingerprint density at radius 2 is 1.86 bits per heavy atom. The molecule has 4 aromatic heterocycles. The lowest BCUT2D eigenvalue weighted by molar-refractivity contribution is 0.724. The van der Waals surface area contributed by atoms with Gasteiger partial charge in [-0.05, 0) is 44.2 Å². The minimum absolute atomic E-state index is 0.776. The van der Waals surface area contributed by atoms with E-state index in [9.17, 15) is 0 Å². The first-order valence-electron chi connectivity index (χ1n) is 9.97. The van der Waals surface area contributed by atoms with E-state index in [1.807, 2.05) is 25.4 Å². The van der Waals surface area contributed by atoms with Crippen LogP contribution in [0.1, 0.15) is 12.1 Å². The standard InChI is InChI=1S/C22H23N7/c1-16-13-24-15-19(26-16)18-12-20-17(14-25-18)6-10-29(20)22-5-2-4-21(27-22)28-9-3-7-23-8-11-28/h2,4-6,10,12-15,23H,3,7-9,11H2,1H3. The quantitative estimate of drug-likeness (QED) is 0.585. The van der Waals surface area contributed by atoms with Crippen LogP contribution >= 0.6 is 0 Å². The third-order valence-electron chi connectivity index (χ3n) is 5.22. The van der Waals surface area contributed by atoms with E-state index in [4.69, 9.17) is 4.98 Å². The fraction of sp³-hybridized carbons (Fsp3) is 0.273. The van der Waals surface area contributed by atoms with Crippen molar-refractivity contribution in [3.63, 3.8) is 0 Å². The van der Waals surface area contributed by atoms with Crippen LogP contribution in [0.25, 0.3) is 28.1 Å². The summed E-state index contributed by atoms with van der Waals surface area (Å²) < 4.78 is 2.11. The number of aryl methyl sites for hydroxylation is 1. The van der Waals surface area contributed by atoms with Gasteiger partial charge < -0.3 is 14.8 Å². The Labute approximate surface area is 169 Å². The van der Waals surface area contributed by atoms with E-state index in [0.29, 0.717) is 0 Å². The zero-order valence-electron chi connectivity index (χ0n) is 16.4. The Morgan fingerprint density at radius 1 is 0.931 bits per heavy atom. The highest BCUT2D eigenvalue weighted by molar-refractivity contribution is 5.84. The van der Waals surface area contributed by atoms with Crippen LogP contribution in [0, 0.1) is 6.92 Å². The molecule has 1 fully saturated rings. The summed E-state index contributed by atoms with van der Waals surface area (Å²) >= 11 is 0. The lowest BCUT2D eigenvalue weighted by Gasteiger charge is -2.21. The van der Waals surface area contributed by atoms with E-state index in [1.165, 1.54) is 0 Å². The van der Waals surface area contributed by atoms with Crippen LogP contribution < -0.4 is 10.2 Å². The lowest BCUT2D eigenvalue weighted by Crippen LogP contribution is -2.28. The number of anilines is 1. The molecule has 4 aromatic rings. The largest absolute Gasteiger partial charge is 0.355 e. The fourth-order valence-corrected chi connectivity index (χ4v) is 3.75. The first kappa shape index (κ1) is 17.8. The molecule has 1 saturated heterocycles. The summed E-state index contributed by atoms with van der Waals surface area (Å²) in [6.07, 6.45) is 8.56. The third kappa shape index (κ3) is 3.56. The summed E-state index contributed by atoms with van der Waals surface area (Å²) in [5.74, 6) is 1.93. The van der Waals surface area contributed by atoms with E-state index < -0.39 is 0 Å². The number of nitrogens with zero attached hydrogens (tertiary/aromatic N) is 6. The smallest absolute Gasteiger partial charge is 0.139 e. The van der Waals surface area contributed by atoms with Gasteiger partial charge in [0.15, 0.2) is 0 Å². The average Bonchev–Trinajstić information content (AvgIpc) is 2.98. The van der Waals surface area contributed by atoms with Gasteiger partial charge in [0, 0.05) is 43.6 Å². The molecule has 0 aliphatic carbocycles. The number of hydrogen-bond acceptors (Lipinski definition) is 6. The molecule has 1 N–H and O–H groups in total. The van der Waals surface area contributed by atoms with Gasteiger partial charge in [0.25, 0.3) is 0 Å². The van der Waals surface area contributed by atoms with E-state index in [2.05, 4.69) is 54.0 Å². The van der Waals surface area contributed by atoms with Crippen LogP contribution in [0.4, 0.5) is 5.82 Å². The van der Waals surface area contributed by atoms with Crippen molar-refractivity contribution in [1.29, 1.82) is 0 Å². The Bertz CT molecular complexity index is 1140. The van der Waals surface area contributed by atoms with Crippen molar-refractivity contribution < 1.29 is 0 Å². The van der Waals surface area contributed by atoms with Gasteiger partial charge in [-0.25, -0.2) is 9.97 Å². The number of rotatable bonds is 3. The van der Waals surface area contributed by atoms with Crippen molar-refractivity contribution in [2.75, 3.05) is 31.1 Å². The molecule has 1 aliphatic heterocycles. The van der Waals surface area contributed by atoms with E-state index in [-0.39, 0.29) is 0 Å². The van der Waals surface area contributed by atoms with Crippen LogP contribution in [0.3, 0.4) is 0 Å². The normalized spacial score (nSPS) is 14.9. The van der Waals surface area contributed by atoms with Crippen molar-refractivity contribution in [3.8, 4) is 17.2 Å². The number of nitrogens with one attached hydrogen (secondary N) is 1. The molecule has 1 aliphatic rings. The van der Waals surface area contributed by atoms with Gasteiger partial charge in [-0.3, -0.25) is 9.97 Å². The Hall–Kier alpha value is -3.32. The molecule has 7 heteroatoms. The van der Waals surface area contributed by atoms with Crippen LogP contribution in [-0.4, -0.2) is 50.7 Å². The van der Waals surface area contributed by atoms with Gasteiger partial charge in [0.1, 0.15) is 17.3 Å². The van der Waals surface area contributed by atoms with Crippen molar-refractivity contribution >= 4 is 16.7 Å². The molecule has 5 rings (SSSR count). The van der Waals surface area contributed by atoms with Crippen molar-refractivity contribution in [3.05, 3.63) is 60.8 Å². The van der Waals surface area contributed by atoms with Gasteiger partial charge in [-0.2, -0.15) is 0 Å². The first-order valence-corrected chi connectivity index (χ1v) is 9.97. The highest BCUT2D eigenvalue weighted by Gasteiger charge is 2.13. The summed E-state index contributed by atoms with van der Waals surface area (Å²) in [6.45, 7) is 5.99. The Kier molecular flexibility index (Phi) is 4.65. The molecule has 5 heterocycles.